The number of benzene rings is 2. The van der Waals surface area contributed by atoms with Crippen LogP contribution in [0, 0.1) is 0 Å². The van der Waals surface area contributed by atoms with Crippen LogP contribution in [0.2, 0.25) is 5.02 Å². The number of rotatable bonds is 8. The third-order valence-corrected chi connectivity index (χ3v) is 3.99. The Balaban J connectivity index is 1.82. The number of nitrogens with one attached hydrogen (secondary N) is 1. The van der Waals surface area contributed by atoms with Crippen molar-refractivity contribution < 1.29 is 23.8 Å². The van der Waals surface area contributed by atoms with E-state index in [-0.39, 0.29) is 19.6 Å². The van der Waals surface area contributed by atoms with E-state index in [0.29, 0.717) is 22.1 Å². The Bertz CT molecular complexity index is 778. The number of carbonyl (C=O) groups is 2. The summed E-state index contributed by atoms with van der Waals surface area (Å²) in [6.07, 6.45) is 0.0106. The Hall–Kier alpha value is -2.73. The van der Waals surface area contributed by atoms with Crippen LogP contribution < -0.4 is 14.8 Å². The molecule has 0 aromatic heterocycles. The lowest BCUT2D eigenvalue weighted by Crippen LogP contribution is -2.28. The molecular weight excluding hydrogens is 358 g/mol. The lowest BCUT2D eigenvalue weighted by molar-refractivity contribution is -0.147. The topological polar surface area (TPSA) is 73.9 Å². The maximum atomic E-state index is 11.9. The minimum absolute atomic E-state index is 0.0106. The van der Waals surface area contributed by atoms with E-state index < -0.39 is 11.9 Å². The molecule has 6 nitrogen and oxygen atoms in total. The number of carbonyl (C=O) groups excluding carboxylic acids is 2. The zero-order chi connectivity index (χ0) is 18.9. The van der Waals surface area contributed by atoms with Crippen molar-refractivity contribution in [2.45, 2.75) is 13.0 Å². The summed E-state index contributed by atoms with van der Waals surface area (Å²) >= 11 is 5.99. The Morgan fingerprint density at radius 3 is 2.42 bits per heavy atom. The van der Waals surface area contributed by atoms with Crippen LogP contribution in [0.15, 0.2) is 42.5 Å². The molecule has 7 heteroatoms. The van der Waals surface area contributed by atoms with Crippen LogP contribution in [-0.2, 0) is 27.3 Å². The molecule has 2 rings (SSSR count). The first-order chi connectivity index (χ1) is 12.5. The van der Waals surface area contributed by atoms with E-state index in [0.717, 1.165) is 5.56 Å². The Morgan fingerprint density at radius 1 is 1.00 bits per heavy atom. The maximum absolute atomic E-state index is 11.9. The quantitative estimate of drug-likeness (QED) is 0.716. The van der Waals surface area contributed by atoms with E-state index in [1.165, 1.54) is 7.11 Å². The number of halogens is 1. The van der Waals surface area contributed by atoms with E-state index in [2.05, 4.69) is 5.32 Å². The second-order valence-corrected chi connectivity index (χ2v) is 5.77. The number of esters is 1. The minimum atomic E-state index is -0.521. The Morgan fingerprint density at radius 2 is 1.73 bits per heavy atom. The predicted octanol–water partition coefficient (Wildman–Crippen LogP) is 2.76. The van der Waals surface area contributed by atoms with Crippen molar-refractivity contribution in [1.82, 2.24) is 5.32 Å². The molecule has 1 amide bonds. The molecule has 0 fully saturated rings. The summed E-state index contributed by atoms with van der Waals surface area (Å²) in [4.78, 5) is 23.7. The van der Waals surface area contributed by atoms with E-state index in [1.54, 1.807) is 43.5 Å². The SMILES string of the molecule is COc1cccc(CNC(=O)COC(=O)Cc2ccccc2Cl)c1OC. The van der Waals surface area contributed by atoms with Crippen molar-refractivity contribution in [3.63, 3.8) is 0 Å². The highest BCUT2D eigenvalue weighted by Gasteiger charge is 2.13. The molecular formula is C19H20ClNO5. The molecule has 2 aromatic rings. The standard InChI is InChI=1S/C19H20ClNO5/c1-24-16-9-5-7-14(19(16)25-2)11-21-17(22)12-26-18(23)10-13-6-3-4-8-15(13)20/h3-9H,10-12H2,1-2H3,(H,21,22). The minimum Gasteiger partial charge on any atom is -0.493 e. The number of hydrogen-bond acceptors (Lipinski definition) is 5. The van der Waals surface area contributed by atoms with Gasteiger partial charge >= 0.3 is 5.97 Å². The monoisotopic (exact) mass is 377 g/mol. The van der Waals surface area contributed by atoms with Crippen LogP contribution in [0.5, 0.6) is 11.5 Å². The van der Waals surface area contributed by atoms with Crippen molar-refractivity contribution in [1.29, 1.82) is 0 Å². The molecule has 0 saturated heterocycles. The third-order valence-electron chi connectivity index (χ3n) is 3.62. The lowest BCUT2D eigenvalue weighted by Gasteiger charge is -2.13. The summed E-state index contributed by atoms with van der Waals surface area (Å²) in [5, 5.41) is 3.16. The van der Waals surface area contributed by atoms with Gasteiger partial charge in [-0.3, -0.25) is 9.59 Å². The van der Waals surface area contributed by atoms with Gasteiger partial charge in [0, 0.05) is 17.1 Å². The predicted molar refractivity (Wildman–Crippen MR) is 97.5 cm³/mol. The van der Waals surface area contributed by atoms with E-state index >= 15 is 0 Å². The second-order valence-electron chi connectivity index (χ2n) is 5.36. The molecule has 1 N–H and O–H groups in total. The molecule has 0 aliphatic heterocycles. The Labute approximate surface area is 157 Å². The van der Waals surface area contributed by atoms with Crippen molar-refractivity contribution in [2.75, 3.05) is 20.8 Å². The number of hydrogen-bond donors (Lipinski definition) is 1. The van der Waals surface area contributed by atoms with E-state index in [4.69, 9.17) is 25.8 Å². The van der Waals surface area contributed by atoms with E-state index in [1.807, 2.05) is 6.07 Å². The van der Waals surface area contributed by atoms with Crippen LogP contribution in [0.3, 0.4) is 0 Å². The van der Waals surface area contributed by atoms with Gasteiger partial charge < -0.3 is 19.5 Å². The van der Waals surface area contributed by atoms with Crippen LogP contribution in [0.25, 0.3) is 0 Å². The lowest BCUT2D eigenvalue weighted by atomic mass is 10.1. The third kappa shape index (κ3) is 5.39. The summed E-state index contributed by atoms with van der Waals surface area (Å²) in [5.41, 5.74) is 1.41. The van der Waals surface area contributed by atoms with Gasteiger partial charge in [0.1, 0.15) is 0 Å². The van der Waals surface area contributed by atoms with Crippen molar-refractivity contribution in [3.05, 3.63) is 58.6 Å². The first-order valence-corrected chi connectivity index (χ1v) is 8.28. The highest BCUT2D eigenvalue weighted by atomic mass is 35.5. The Kier molecular flexibility index (Phi) is 7.29. The molecule has 0 aliphatic rings. The van der Waals surface area contributed by atoms with Crippen LogP contribution >= 0.6 is 11.6 Å². The molecule has 0 spiro atoms. The van der Waals surface area contributed by atoms with Crippen LogP contribution in [0.1, 0.15) is 11.1 Å². The van der Waals surface area contributed by atoms with Gasteiger partial charge in [0.05, 0.1) is 20.6 Å². The van der Waals surface area contributed by atoms with Gasteiger partial charge in [0.2, 0.25) is 0 Å². The fourth-order valence-electron chi connectivity index (χ4n) is 2.33. The number of methoxy groups -OCH3 is 2. The molecule has 0 bridgehead atoms. The maximum Gasteiger partial charge on any atom is 0.310 e. The number of para-hydroxylation sites is 1. The van der Waals surface area contributed by atoms with Gasteiger partial charge in [-0.1, -0.05) is 41.9 Å². The summed E-state index contributed by atoms with van der Waals surface area (Å²) in [6.45, 7) is -0.142. The van der Waals surface area contributed by atoms with Crippen LogP contribution in [-0.4, -0.2) is 32.7 Å². The summed E-state index contributed by atoms with van der Waals surface area (Å²) < 4.78 is 15.5. The van der Waals surface area contributed by atoms with Crippen molar-refractivity contribution >= 4 is 23.5 Å². The highest BCUT2D eigenvalue weighted by molar-refractivity contribution is 6.31. The summed E-state index contributed by atoms with van der Waals surface area (Å²) in [5.74, 6) is 0.186. The van der Waals surface area contributed by atoms with Crippen LogP contribution in [0.4, 0.5) is 0 Å². The number of amides is 1. The van der Waals surface area contributed by atoms with Gasteiger partial charge in [0.15, 0.2) is 18.1 Å². The van der Waals surface area contributed by atoms with Gasteiger partial charge in [-0.15, -0.1) is 0 Å². The van der Waals surface area contributed by atoms with Gasteiger partial charge in [-0.25, -0.2) is 0 Å². The molecule has 138 valence electrons. The molecule has 0 radical (unpaired) electrons. The average Bonchev–Trinajstić information content (AvgIpc) is 2.66. The van der Waals surface area contributed by atoms with Crippen molar-refractivity contribution in [2.24, 2.45) is 0 Å². The second kappa shape index (κ2) is 9.68. The zero-order valence-electron chi connectivity index (χ0n) is 14.6. The molecule has 0 saturated carbocycles. The molecule has 26 heavy (non-hydrogen) atoms. The van der Waals surface area contributed by atoms with Gasteiger partial charge in [-0.05, 0) is 17.7 Å². The molecule has 0 unspecified atom stereocenters. The van der Waals surface area contributed by atoms with E-state index in [9.17, 15) is 9.59 Å². The molecule has 2 aromatic carbocycles. The normalized spacial score (nSPS) is 10.1. The fraction of sp³-hybridized carbons (Fsp3) is 0.263. The molecule has 0 atom stereocenters. The summed E-state index contributed by atoms with van der Waals surface area (Å²) in [6, 6.07) is 12.4. The first kappa shape index (κ1) is 19.6. The van der Waals surface area contributed by atoms with Gasteiger partial charge in [0.25, 0.3) is 5.91 Å². The summed E-state index contributed by atoms with van der Waals surface area (Å²) in [7, 11) is 3.07. The largest absolute Gasteiger partial charge is 0.493 e. The van der Waals surface area contributed by atoms with Crippen molar-refractivity contribution in [3.8, 4) is 11.5 Å². The fourth-order valence-corrected chi connectivity index (χ4v) is 2.53. The molecule has 0 heterocycles. The highest BCUT2D eigenvalue weighted by Crippen LogP contribution is 2.30. The smallest absolute Gasteiger partial charge is 0.310 e. The number of ether oxygens (including phenoxy) is 3. The first-order valence-electron chi connectivity index (χ1n) is 7.90. The molecule has 0 aliphatic carbocycles. The average molecular weight is 378 g/mol. The zero-order valence-corrected chi connectivity index (χ0v) is 15.3. The van der Waals surface area contributed by atoms with Gasteiger partial charge in [-0.2, -0.15) is 0 Å².